The molecule has 4 nitrogen and oxygen atoms in total. The number of halogens is 1. The van der Waals surface area contributed by atoms with E-state index in [1.807, 2.05) is 13.0 Å². The third-order valence-corrected chi connectivity index (χ3v) is 4.40. The first-order chi connectivity index (χ1) is 11.1. The zero-order valence-corrected chi connectivity index (χ0v) is 13.7. The lowest BCUT2D eigenvalue weighted by Gasteiger charge is -2.35. The van der Waals surface area contributed by atoms with Crippen LogP contribution in [0.25, 0.3) is 6.08 Å². The number of likely N-dealkylation sites (tertiary alicyclic amines) is 1. The molecular weight excluding hydrogens is 293 g/mol. The average molecular weight is 319 g/mol. The van der Waals surface area contributed by atoms with Crippen molar-refractivity contribution in [3.8, 4) is 0 Å². The predicted molar refractivity (Wildman–Crippen MR) is 92.5 cm³/mol. The van der Waals surface area contributed by atoms with Crippen LogP contribution in [0.3, 0.4) is 0 Å². The minimum absolute atomic E-state index is 0.235. The summed E-state index contributed by atoms with van der Waals surface area (Å²) in [5.74, 6) is 1.08. The number of aliphatic hydroxyl groups is 1. The molecule has 1 saturated heterocycles. The van der Waals surface area contributed by atoms with Gasteiger partial charge < -0.3 is 15.7 Å². The summed E-state index contributed by atoms with van der Waals surface area (Å²) in [4.78, 5) is 6.69. The first-order valence-corrected chi connectivity index (χ1v) is 8.19. The van der Waals surface area contributed by atoms with Crippen LogP contribution >= 0.6 is 0 Å². The molecule has 0 radical (unpaired) electrons. The third kappa shape index (κ3) is 5.44. The second kappa shape index (κ2) is 8.79. The van der Waals surface area contributed by atoms with E-state index in [0.717, 1.165) is 37.3 Å². The van der Waals surface area contributed by atoms with Crippen LogP contribution in [0.2, 0.25) is 0 Å². The van der Waals surface area contributed by atoms with Gasteiger partial charge in [0.1, 0.15) is 11.7 Å². The van der Waals surface area contributed by atoms with Gasteiger partial charge in [-0.2, -0.15) is 0 Å². The first-order valence-electron chi connectivity index (χ1n) is 8.19. The van der Waals surface area contributed by atoms with Crippen molar-refractivity contribution in [3.63, 3.8) is 0 Å². The summed E-state index contributed by atoms with van der Waals surface area (Å²) in [6.45, 7) is 4.35. The van der Waals surface area contributed by atoms with Crippen molar-refractivity contribution in [3.05, 3.63) is 41.8 Å². The molecule has 1 atom stereocenters. The van der Waals surface area contributed by atoms with E-state index in [2.05, 4.69) is 9.89 Å². The lowest BCUT2D eigenvalue weighted by atomic mass is 9.89. The fourth-order valence-corrected chi connectivity index (χ4v) is 2.90. The van der Waals surface area contributed by atoms with E-state index in [1.54, 1.807) is 18.3 Å². The molecule has 1 aromatic rings. The Morgan fingerprint density at radius 3 is 2.65 bits per heavy atom. The van der Waals surface area contributed by atoms with Gasteiger partial charge in [-0.1, -0.05) is 12.1 Å². The standard InChI is InChI=1S/C18H26FN3O/c1-14(21-11-7-15-2-4-17(19)5-3-15)22-12-8-16(9-13-22)18(23)6-10-20/h2-5,7,11,16,18,23H,6,8-10,12-13,20H2,1H3/b11-7-,21-14?. The number of amidine groups is 1. The van der Waals surface area contributed by atoms with Gasteiger partial charge in [-0.3, -0.25) is 0 Å². The first kappa shape index (κ1) is 17.6. The molecule has 126 valence electrons. The highest BCUT2D eigenvalue weighted by atomic mass is 19.1. The van der Waals surface area contributed by atoms with E-state index in [9.17, 15) is 9.50 Å². The Hall–Kier alpha value is -1.72. The van der Waals surface area contributed by atoms with Gasteiger partial charge in [0.05, 0.1) is 6.10 Å². The van der Waals surface area contributed by atoms with E-state index in [4.69, 9.17) is 5.73 Å². The van der Waals surface area contributed by atoms with Gasteiger partial charge in [0.15, 0.2) is 0 Å². The molecule has 0 aromatic heterocycles. The predicted octanol–water partition coefficient (Wildman–Crippen LogP) is 2.64. The number of aliphatic hydroxyl groups excluding tert-OH is 1. The lowest BCUT2D eigenvalue weighted by molar-refractivity contribution is 0.0692. The van der Waals surface area contributed by atoms with Crippen LogP contribution in [0.5, 0.6) is 0 Å². The molecule has 1 aromatic carbocycles. The third-order valence-electron chi connectivity index (χ3n) is 4.40. The van der Waals surface area contributed by atoms with Gasteiger partial charge in [-0.25, -0.2) is 9.38 Å². The van der Waals surface area contributed by atoms with Gasteiger partial charge in [-0.15, -0.1) is 0 Å². The molecule has 2 rings (SSSR count). The number of nitrogens with zero attached hydrogens (tertiary/aromatic N) is 2. The van der Waals surface area contributed by atoms with Crippen molar-refractivity contribution in [2.45, 2.75) is 32.3 Å². The molecule has 5 heteroatoms. The Kier molecular flexibility index (Phi) is 6.74. The fourth-order valence-electron chi connectivity index (χ4n) is 2.90. The zero-order valence-electron chi connectivity index (χ0n) is 13.7. The highest BCUT2D eigenvalue weighted by Gasteiger charge is 2.24. The van der Waals surface area contributed by atoms with Gasteiger partial charge in [0.25, 0.3) is 0 Å². The normalized spacial score (nSPS) is 18.6. The minimum Gasteiger partial charge on any atom is -0.393 e. The number of rotatable bonds is 5. The van der Waals surface area contributed by atoms with Crippen LogP contribution in [0.15, 0.2) is 35.5 Å². The maximum absolute atomic E-state index is 12.8. The van der Waals surface area contributed by atoms with Gasteiger partial charge in [0, 0.05) is 19.3 Å². The number of benzene rings is 1. The van der Waals surface area contributed by atoms with E-state index in [0.29, 0.717) is 18.9 Å². The smallest absolute Gasteiger partial charge is 0.123 e. The van der Waals surface area contributed by atoms with Crippen molar-refractivity contribution in [1.29, 1.82) is 0 Å². The Morgan fingerprint density at radius 2 is 2.04 bits per heavy atom. The largest absolute Gasteiger partial charge is 0.393 e. The SMILES string of the molecule is CC(=N/C=C\c1ccc(F)cc1)N1CCC(C(O)CCN)CC1. The lowest BCUT2D eigenvalue weighted by Crippen LogP contribution is -2.40. The fraction of sp³-hybridized carbons (Fsp3) is 0.500. The van der Waals surface area contributed by atoms with Gasteiger partial charge >= 0.3 is 0 Å². The molecule has 23 heavy (non-hydrogen) atoms. The summed E-state index contributed by atoms with van der Waals surface area (Å²) >= 11 is 0. The molecule has 3 N–H and O–H groups in total. The highest BCUT2D eigenvalue weighted by Crippen LogP contribution is 2.22. The maximum atomic E-state index is 12.8. The van der Waals surface area contributed by atoms with E-state index >= 15 is 0 Å². The van der Waals surface area contributed by atoms with Gasteiger partial charge in [-0.05, 0) is 62.4 Å². The molecule has 0 saturated carbocycles. The summed E-state index contributed by atoms with van der Waals surface area (Å²) in [6, 6.07) is 6.32. The van der Waals surface area contributed by atoms with Crippen molar-refractivity contribution in [2.75, 3.05) is 19.6 Å². The molecule has 0 aliphatic carbocycles. The van der Waals surface area contributed by atoms with E-state index < -0.39 is 0 Å². The Labute approximate surface area is 137 Å². The molecule has 1 fully saturated rings. The molecule has 1 heterocycles. The number of hydrogen-bond donors (Lipinski definition) is 2. The number of aliphatic imine (C=N–C) groups is 1. The van der Waals surface area contributed by atoms with Crippen LogP contribution in [-0.4, -0.2) is 41.6 Å². The van der Waals surface area contributed by atoms with Crippen molar-refractivity contribution >= 4 is 11.9 Å². The summed E-state index contributed by atoms with van der Waals surface area (Å²) in [5, 5.41) is 10.0. The van der Waals surface area contributed by atoms with Crippen LogP contribution in [-0.2, 0) is 0 Å². The summed E-state index contributed by atoms with van der Waals surface area (Å²) in [7, 11) is 0. The number of piperidine rings is 1. The molecule has 0 spiro atoms. The minimum atomic E-state index is -0.280. The molecule has 1 aliphatic rings. The van der Waals surface area contributed by atoms with Gasteiger partial charge in [0.2, 0.25) is 0 Å². The average Bonchev–Trinajstić information content (AvgIpc) is 2.57. The molecule has 0 amide bonds. The second-order valence-electron chi connectivity index (χ2n) is 6.01. The number of hydrogen-bond acceptors (Lipinski definition) is 3. The Balaban J connectivity index is 1.84. The summed E-state index contributed by atoms with van der Waals surface area (Å²) in [6.07, 6.45) is 5.94. The van der Waals surface area contributed by atoms with Crippen molar-refractivity contribution in [2.24, 2.45) is 16.6 Å². The molecule has 0 bridgehead atoms. The monoisotopic (exact) mass is 319 g/mol. The van der Waals surface area contributed by atoms with Crippen LogP contribution in [0, 0.1) is 11.7 Å². The molecule has 1 unspecified atom stereocenters. The topological polar surface area (TPSA) is 61.8 Å². The van der Waals surface area contributed by atoms with Crippen molar-refractivity contribution < 1.29 is 9.50 Å². The summed E-state index contributed by atoms with van der Waals surface area (Å²) in [5.41, 5.74) is 6.43. The Morgan fingerprint density at radius 1 is 1.39 bits per heavy atom. The van der Waals surface area contributed by atoms with Crippen molar-refractivity contribution in [1.82, 2.24) is 4.90 Å². The molecular formula is C18H26FN3O. The van der Waals surface area contributed by atoms with Crippen LogP contribution in [0.4, 0.5) is 4.39 Å². The molecule has 1 aliphatic heterocycles. The maximum Gasteiger partial charge on any atom is 0.123 e. The highest BCUT2D eigenvalue weighted by molar-refractivity contribution is 5.80. The quantitative estimate of drug-likeness (QED) is 0.648. The summed E-state index contributed by atoms with van der Waals surface area (Å²) < 4.78 is 12.8. The zero-order chi connectivity index (χ0) is 16.7. The number of nitrogens with two attached hydrogens (primary N) is 1. The second-order valence-corrected chi connectivity index (χ2v) is 6.01. The van der Waals surface area contributed by atoms with E-state index in [1.165, 1.54) is 12.1 Å². The Bertz CT molecular complexity index is 534. The van der Waals surface area contributed by atoms with Crippen LogP contribution in [0.1, 0.15) is 31.7 Å². The van der Waals surface area contributed by atoms with E-state index in [-0.39, 0.29) is 11.9 Å². The van der Waals surface area contributed by atoms with Crippen LogP contribution < -0.4 is 5.73 Å².